The van der Waals surface area contributed by atoms with Crippen LogP contribution in [0.1, 0.15) is 0 Å². The number of para-hydroxylation sites is 1. The molecular formula is C43H27N3O. The van der Waals surface area contributed by atoms with Gasteiger partial charge in [-0.15, -0.1) is 0 Å². The largest absolute Gasteiger partial charge is 0.456 e. The summed E-state index contributed by atoms with van der Waals surface area (Å²) in [6.45, 7) is 0. The second kappa shape index (κ2) is 11.2. The van der Waals surface area contributed by atoms with Gasteiger partial charge in [0.05, 0.1) is 0 Å². The van der Waals surface area contributed by atoms with E-state index in [2.05, 4.69) is 109 Å². The summed E-state index contributed by atoms with van der Waals surface area (Å²) in [5, 5.41) is 4.52. The van der Waals surface area contributed by atoms with Crippen LogP contribution in [0.25, 0.3) is 89.1 Å². The molecule has 0 bridgehead atoms. The van der Waals surface area contributed by atoms with E-state index < -0.39 is 0 Å². The minimum Gasteiger partial charge on any atom is -0.456 e. The standard InChI is InChI=1S/C43H27N3O/c1-3-11-28(12-4-1)29-21-23-31(24-22-29)42-44-41(30-13-5-2-6-14-30)45-43(46-42)33-25-26-34-32(27-33)15-9-17-35(34)36-18-10-20-39-40(36)37-16-7-8-19-38(37)47-39/h1-27H. The topological polar surface area (TPSA) is 51.8 Å². The molecule has 0 fully saturated rings. The number of fused-ring (bicyclic) bond motifs is 4. The van der Waals surface area contributed by atoms with Crippen molar-refractivity contribution >= 4 is 32.7 Å². The summed E-state index contributed by atoms with van der Waals surface area (Å²) >= 11 is 0. The Hall–Kier alpha value is -6.39. The number of nitrogens with zero attached hydrogens (tertiary/aromatic N) is 3. The molecule has 0 atom stereocenters. The van der Waals surface area contributed by atoms with E-state index in [1.165, 1.54) is 5.56 Å². The van der Waals surface area contributed by atoms with E-state index in [0.29, 0.717) is 17.5 Å². The van der Waals surface area contributed by atoms with Gasteiger partial charge < -0.3 is 4.42 Å². The predicted molar refractivity (Wildman–Crippen MR) is 192 cm³/mol. The molecule has 0 amide bonds. The number of benzene rings is 7. The third-order valence-electron chi connectivity index (χ3n) is 8.75. The summed E-state index contributed by atoms with van der Waals surface area (Å²) in [5.41, 5.74) is 9.24. The van der Waals surface area contributed by atoms with E-state index in [-0.39, 0.29) is 0 Å². The number of rotatable bonds is 5. The zero-order valence-electron chi connectivity index (χ0n) is 25.3. The lowest BCUT2D eigenvalue weighted by atomic mass is 9.94. The van der Waals surface area contributed by atoms with Crippen molar-refractivity contribution in [3.8, 4) is 56.4 Å². The number of furan rings is 1. The summed E-state index contributed by atoms with van der Waals surface area (Å²) in [6.07, 6.45) is 0. The Labute approximate surface area is 271 Å². The smallest absolute Gasteiger partial charge is 0.164 e. The summed E-state index contributed by atoms with van der Waals surface area (Å²) in [7, 11) is 0. The Kier molecular flexibility index (Phi) is 6.43. The molecule has 4 heteroatoms. The molecule has 2 heterocycles. The molecule has 47 heavy (non-hydrogen) atoms. The Morgan fingerprint density at radius 1 is 0.340 bits per heavy atom. The van der Waals surface area contributed by atoms with Crippen LogP contribution in [0.3, 0.4) is 0 Å². The van der Waals surface area contributed by atoms with E-state index in [4.69, 9.17) is 19.4 Å². The first kappa shape index (κ1) is 27.0. The van der Waals surface area contributed by atoms with Crippen LogP contribution < -0.4 is 0 Å². The van der Waals surface area contributed by atoms with Crippen molar-refractivity contribution in [2.75, 3.05) is 0 Å². The fourth-order valence-corrected chi connectivity index (χ4v) is 6.45. The summed E-state index contributed by atoms with van der Waals surface area (Å²) in [4.78, 5) is 14.9. The number of hydrogen-bond acceptors (Lipinski definition) is 4. The first-order chi connectivity index (χ1) is 23.3. The summed E-state index contributed by atoms with van der Waals surface area (Å²) in [6, 6.07) is 56.3. The van der Waals surface area contributed by atoms with Crippen LogP contribution >= 0.6 is 0 Å². The van der Waals surface area contributed by atoms with Crippen LogP contribution in [-0.2, 0) is 0 Å². The molecule has 9 rings (SSSR count). The first-order valence-corrected chi connectivity index (χ1v) is 15.7. The maximum Gasteiger partial charge on any atom is 0.164 e. The Morgan fingerprint density at radius 2 is 0.872 bits per heavy atom. The van der Waals surface area contributed by atoms with E-state index >= 15 is 0 Å². The molecule has 0 aliphatic heterocycles. The van der Waals surface area contributed by atoms with Gasteiger partial charge in [0.1, 0.15) is 11.2 Å². The van der Waals surface area contributed by atoms with Crippen molar-refractivity contribution in [2.45, 2.75) is 0 Å². The molecule has 0 spiro atoms. The number of aromatic nitrogens is 3. The highest BCUT2D eigenvalue weighted by Crippen LogP contribution is 2.40. The van der Waals surface area contributed by atoms with Gasteiger partial charge in [0, 0.05) is 27.5 Å². The Morgan fingerprint density at radius 3 is 1.64 bits per heavy atom. The van der Waals surface area contributed by atoms with E-state index in [1.807, 2.05) is 54.6 Å². The maximum atomic E-state index is 6.21. The van der Waals surface area contributed by atoms with E-state index in [0.717, 1.165) is 66.1 Å². The lowest BCUT2D eigenvalue weighted by molar-refractivity contribution is 0.669. The molecule has 0 radical (unpaired) electrons. The zero-order chi connectivity index (χ0) is 31.2. The SMILES string of the molecule is c1ccc(-c2ccc(-c3nc(-c4ccccc4)nc(-c4ccc5c(-c6cccc7oc8ccccc8c67)cccc5c4)n3)cc2)cc1. The Balaban J connectivity index is 1.17. The maximum absolute atomic E-state index is 6.21. The van der Waals surface area contributed by atoms with Gasteiger partial charge in [-0.3, -0.25) is 0 Å². The fourth-order valence-electron chi connectivity index (χ4n) is 6.45. The van der Waals surface area contributed by atoms with Crippen molar-refractivity contribution in [2.24, 2.45) is 0 Å². The van der Waals surface area contributed by atoms with Crippen molar-refractivity contribution < 1.29 is 4.42 Å². The third kappa shape index (κ3) is 4.84. The molecule has 0 saturated carbocycles. The molecule has 9 aromatic rings. The van der Waals surface area contributed by atoms with Crippen LogP contribution in [0, 0.1) is 0 Å². The van der Waals surface area contributed by atoms with Gasteiger partial charge in [0.15, 0.2) is 17.5 Å². The van der Waals surface area contributed by atoms with Gasteiger partial charge in [0.25, 0.3) is 0 Å². The van der Waals surface area contributed by atoms with Crippen LogP contribution in [-0.4, -0.2) is 15.0 Å². The van der Waals surface area contributed by atoms with Crippen LogP contribution in [0.4, 0.5) is 0 Å². The van der Waals surface area contributed by atoms with Gasteiger partial charge >= 0.3 is 0 Å². The van der Waals surface area contributed by atoms with E-state index in [9.17, 15) is 0 Å². The molecule has 7 aromatic carbocycles. The van der Waals surface area contributed by atoms with Crippen molar-refractivity contribution in [3.05, 3.63) is 164 Å². The van der Waals surface area contributed by atoms with Gasteiger partial charge in [0.2, 0.25) is 0 Å². The monoisotopic (exact) mass is 601 g/mol. The second-order valence-electron chi connectivity index (χ2n) is 11.6. The zero-order valence-corrected chi connectivity index (χ0v) is 25.3. The van der Waals surface area contributed by atoms with Crippen molar-refractivity contribution in [1.82, 2.24) is 15.0 Å². The van der Waals surface area contributed by atoms with Gasteiger partial charge in [-0.25, -0.2) is 15.0 Å². The average Bonchev–Trinajstić information content (AvgIpc) is 3.54. The van der Waals surface area contributed by atoms with E-state index in [1.54, 1.807) is 0 Å². The molecule has 0 aliphatic rings. The highest BCUT2D eigenvalue weighted by molar-refractivity contribution is 6.15. The lowest BCUT2D eigenvalue weighted by Crippen LogP contribution is -2.00. The summed E-state index contributed by atoms with van der Waals surface area (Å²) < 4.78 is 6.21. The first-order valence-electron chi connectivity index (χ1n) is 15.7. The molecule has 0 aliphatic carbocycles. The van der Waals surface area contributed by atoms with Crippen molar-refractivity contribution in [3.63, 3.8) is 0 Å². The lowest BCUT2D eigenvalue weighted by Gasteiger charge is -2.12. The molecular weight excluding hydrogens is 574 g/mol. The van der Waals surface area contributed by atoms with Crippen LogP contribution in [0.5, 0.6) is 0 Å². The molecule has 0 N–H and O–H groups in total. The van der Waals surface area contributed by atoms with Gasteiger partial charge in [-0.1, -0.05) is 146 Å². The average molecular weight is 602 g/mol. The van der Waals surface area contributed by atoms with Crippen molar-refractivity contribution in [1.29, 1.82) is 0 Å². The quantitative estimate of drug-likeness (QED) is 0.197. The van der Waals surface area contributed by atoms with Crippen LogP contribution in [0.15, 0.2) is 168 Å². The normalized spacial score (nSPS) is 11.4. The minimum absolute atomic E-state index is 0.635. The summed E-state index contributed by atoms with van der Waals surface area (Å²) in [5.74, 6) is 1.92. The minimum atomic E-state index is 0.635. The molecule has 0 saturated heterocycles. The molecule has 2 aromatic heterocycles. The molecule has 0 unspecified atom stereocenters. The third-order valence-corrected chi connectivity index (χ3v) is 8.75. The fraction of sp³-hybridized carbons (Fsp3) is 0. The number of hydrogen-bond donors (Lipinski definition) is 0. The van der Waals surface area contributed by atoms with Gasteiger partial charge in [-0.05, 0) is 51.2 Å². The second-order valence-corrected chi connectivity index (χ2v) is 11.6. The van der Waals surface area contributed by atoms with Crippen LogP contribution in [0.2, 0.25) is 0 Å². The van der Waals surface area contributed by atoms with Gasteiger partial charge in [-0.2, -0.15) is 0 Å². The Bertz CT molecular complexity index is 2550. The highest BCUT2D eigenvalue weighted by atomic mass is 16.3. The molecule has 4 nitrogen and oxygen atoms in total. The molecule has 220 valence electrons. The highest BCUT2D eigenvalue weighted by Gasteiger charge is 2.16. The predicted octanol–water partition coefficient (Wildman–Crippen LogP) is 11.3.